The second kappa shape index (κ2) is 9.68. The lowest BCUT2D eigenvalue weighted by molar-refractivity contribution is -0.119. The fraction of sp³-hybridized carbons (Fsp3) is 0.320. The van der Waals surface area contributed by atoms with Crippen LogP contribution in [-0.2, 0) is 9.53 Å². The van der Waals surface area contributed by atoms with Crippen LogP contribution in [0.5, 0.6) is 0 Å². The van der Waals surface area contributed by atoms with E-state index in [1.54, 1.807) is 24.3 Å². The number of aryl methyl sites for hydroxylation is 2. The third-order valence-electron chi connectivity index (χ3n) is 5.56. The average molecular weight is 433 g/mol. The summed E-state index contributed by atoms with van der Waals surface area (Å²) in [6.45, 7) is 5.71. The third kappa shape index (κ3) is 5.17. The Labute approximate surface area is 188 Å². The zero-order chi connectivity index (χ0) is 22.5. The summed E-state index contributed by atoms with van der Waals surface area (Å²) in [5, 5.41) is 7.20. The molecule has 3 aromatic rings. The largest absolute Gasteiger partial charge is 0.452 e. The number of carbonyl (C=O) groups is 2. The Morgan fingerprint density at radius 1 is 0.938 bits per heavy atom. The van der Waals surface area contributed by atoms with E-state index in [1.807, 2.05) is 48.9 Å². The van der Waals surface area contributed by atoms with Gasteiger partial charge in [0.25, 0.3) is 5.91 Å². The molecule has 1 aliphatic rings. The molecule has 2 heterocycles. The highest BCUT2D eigenvalue weighted by Gasteiger charge is 2.13. The predicted octanol–water partition coefficient (Wildman–Crippen LogP) is 4.27. The summed E-state index contributed by atoms with van der Waals surface area (Å²) in [5.74, 6) is -0.913. The predicted molar refractivity (Wildman–Crippen MR) is 124 cm³/mol. The molecule has 0 radical (unpaired) electrons. The minimum atomic E-state index is -0.541. The van der Waals surface area contributed by atoms with Gasteiger partial charge in [0.15, 0.2) is 6.61 Å². The number of hydrogen-bond donors (Lipinski definition) is 1. The average Bonchev–Trinajstić information content (AvgIpc) is 3.16. The molecule has 1 amide bonds. The van der Waals surface area contributed by atoms with E-state index in [4.69, 9.17) is 4.74 Å². The van der Waals surface area contributed by atoms with Gasteiger partial charge in [0, 0.05) is 30.2 Å². The molecule has 32 heavy (non-hydrogen) atoms. The molecule has 0 saturated carbocycles. The Hall–Kier alpha value is -3.61. The first kappa shape index (κ1) is 21.6. The van der Waals surface area contributed by atoms with Crippen molar-refractivity contribution in [1.29, 1.82) is 0 Å². The molecule has 7 heteroatoms. The summed E-state index contributed by atoms with van der Waals surface area (Å²) in [6.07, 6.45) is 3.72. The summed E-state index contributed by atoms with van der Waals surface area (Å²) in [7, 11) is 0. The molecule has 7 nitrogen and oxygen atoms in total. The van der Waals surface area contributed by atoms with Crippen LogP contribution >= 0.6 is 0 Å². The van der Waals surface area contributed by atoms with E-state index >= 15 is 0 Å². The van der Waals surface area contributed by atoms with Crippen LogP contribution in [0, 0.1) is 13.8 Å². The number of piperidine rings is 1. The lowest BCUT2D eigenvalue weighted by atomic mass is 10.1. The highest BCUT2D eigenvalue weighted by Crippen LogP contribution is 2.22. The van der Waals surface area contributed by atoms with Crippen LogP contribution in [0.1, 0.15) is 41.0 Å². The minimum absolute atomic E-state index is 0.341. The Balaban J connectivity index is 1.28. The van der Waals surface area contributed by atoms with Gasteiger partial charge >= 0.3 is 5.97 Å². The standard InChI is InChI=1S/C25H28N4O3/c1-18-16-19(2)29(27-18)23-10-6-20(7-11-23)25(31)32-17-24(30)26-21-8-12-22(13-9-21)28-14-4-3-5-15-28/h6-13,16H,3-5,14-15,17H2,1-2H3,(H,26,30). The van der Waals surface area contributed by atoms with E-state index in [2.05, 4.69) is 15.3 Å². The molecular formula is C25H28N4O3. The summed E-state index contributed by atoms with van der Waals surface area (Å²) in [4.78, 5) is 26.9. The van der Waals surface area contributed by atoms with Crippen LogP contribution in [0.4, 0.5) is 11.4 Å². The number of benzene rings is 2. The molecule has 166 valence electrons. The van der Waals surface area contributed by atoms with Crippen molar-refractivity contribution in [2.45, 2.75) is 33.1 Å². The number of ether oxygens (including phenoxy) is 1. The Bertz CT molecular complexity index is 1080. The van der Waals surface area contributed by atoms with Crippen LogP contribution in [0.3, 0.4) is 0 Å². The number of aromatic nitrogens is 2. The van der Waals surface area contributed by atoms with E-state index < -0.39 is 5.97 Å². The quantitative estimate of drug-likeness (QED) is 0.589. The molecule has 1 N–H and O–H groups in total. The number of anilines is 2. The Kier molecular flexibility index (Phi) is 6.54. The monoisotopic (exact) mass is 432 g/mol. The SMILES string of the molecule is Cc1cc(C)n(-c2ccc(C(=O)OCC(=O)Nc3ccc(N4CCCCC4)cc3)cc2)n1. The number of amides is 1. The number of rotatable bonds is 6. The topological polar surface area (TPSA) is 76.5 Å². The van der Waals surface area contributed by atoms with Gasteiger partial charge < -0.3 is 15.0 Å². The van der Waals surface area contributed by atoms with Crippen molar-refractivity contribution in [2.24, 2.45) is 0 Å². The normalized spacial score (nSPS) is 13.6. The molecule has 1 aliphatic heterocycles. The first-order valence-electron chi connectivity index (χ1n) is 11.0. The van der Waals surface area contributed by atoms with Gasteiger partial charge in [-0.2, -0.15) is 5.10 Å². The third-order valence-corrected chi connectivity index (χ3v) is 5.56. The van der Waals surface area contributed by atoms with Crippen molar-refractivity contribution in [3.63, 3.8) is 0 Å². The number of hydrogen-bond acceptors (Lipinski definition) is 5. The molecule has 0 atom stereocenters. The second-order valence-corrected chi connectivity index (χ2v) is 8.10. The lowest BCUT2D eigenvalue weighted by Crippen LogP contribution is -2.29. The maximum atomic E-state index is 12.3. The van der Waals surface area contributed by atoms with Crippen molar-refractivity contribution < 1.29 is 14.3 Å². The van der Waals surface area contributed by atoms with Gasteiger partial charge in [-0.3, -0.25) is 4.79 Å². The molecular weight excluding hydrogens is 404 g/mol. The van der Waals surface area contributed by atoms with Gasteiger partial charge in [-0.1, -0.05) is 0 Å². The molecule has 1 fully saturated rings. The molecule has 4 rings (SSSR count). The molecule has 2 aromatic carbocycles. The number of carbonyl (C=O) groups excluding carboxylic acids is 2. The number of nitrogens with zero attached hydrogens (tertiary/aromatic N) is 3. The van der Waals surface area contributed by atoms with Gasteiger partial charge in [-0.05, 0) is 87.7 Å². The van der Waals surface area contributed by atoms with Crippen molar-refractivity contribution in [1.82, 2.24) is 9.78 Å². The van der Waals surface area contributed by atoms with E-state index in [0.717, 1.165) is 35.9 Å². The van der Waals surface area contributed by atoms with Crippen LogP contribution in [0.25, 0.3) is 5.69 Å². The maximum absolute atomic E-state index is 12.3. The number of esters is 1. The summed E-state index contributed by atoms with van der Waals surface area (Å²) < 4.78 is 6.99. The molecule has 0 aliphatic carbocycles. The molecule has 0 bridgehead atoms. The fourth-order valence-corrected chi connectivity index (χ4v) is 3.95. The van der Waals surface area contributed by atoms with Crippen molar-refractivity contribution in [2.75, 3.05) is 29.9 Å². The Morgan fingerprint density at radius 3 is 2.22 bits per heavy atom. The molecule has 0 spiro atoms. The smallest absolute Gasteiger partial charge is 0.338 e. The van der Waals surface area contributed by atoms with Gasteiger partial charge in [0.2, 0.25) is 0 Å². The Morgan fingerprint density at radius 2 is 1.59 bits per heavy atom. The van der Waals surface area contributed by atoms with Crippen molar-refractivity contribution in [3.05, 3.63) is 71.5 Å². The van der Waals surface area contributed by atoms with Crippen LogP contribution < -0.4 is 10.2 Å². The number of nitrogens with one attached hydrogen (secondary N) is 1. The van der Waals surface area contributed by atoms with E-state index in [-0.39, 0.29) is 12.5 Å². The van der Waals surface area contributed by atoms with E-state index in [9.17, 15) is 9.59 Å². The molecule has 0 unspecified atom stereocenters. The van der Waals surface area contributed by atoms with Crippen LogP contribution in [0.2, 0.25) is 0 Å². The summed E-state index contributed by atoms with van der Waals surface area (Å²) in [5.41, 5.74) is 5.03. The first-order valence-corrected chi connectivity index (χ1v) is 11.0. The second-order valence-electron chi connectivity index (χ2n) is 8.10. The fourth-order valence-electron chi connectivity index (χ4n) is 3.95. The highest BCUT2D eigenvalue weighted by molar-refractivity contribution is 5.95. The van der Waals surface area contributed by atoms with E-state index in [1.165, 1.54) is 19.3 Å². The lowest BCUT2D eigenvalue weighted by Gasteiger charge is -2.28. The van der Waals surface area contributed by atoms with Gasteiger partial charge in [0.05, 0.1) is 16.9 Å². The summed E-state index contributed by atoms with van der Waals surface area (Å²) >= 11 is 0. The van der Waals surface area contributed by atoms with Crippen molar-refractivity contribution in [3.8, 4) is 5.69 Å². The van der Waals surface area contributed by atoms with Crippen LogP contribution in [-0.4, -0.2) is 41.4 Å². The van der Waals surface area contributed by atoms with Gasteiger partial charge in [-0.15, -0.1) is 0 Å². The molecule has 1 saturated heterocycles. The zero-order valence-electron chi connectivity index (χ0n) is 18.5. The molecule has 1 aromatic heterocycles. The van der Waals surface area contributed by atoms with Gasteiger partial charge in [-0.25, -0.2) is 9.48 Å². The maximum Gasteiger partial charge on any atom is 0.338 e. The summed E-state index contributed by atoms with van der Waals surface area (Å²) in [6, 6.07) is 16.7. The highest BCUT2D eigenvalue weighted by atomic mass is 16.5. The zero-order valence-corrected chi connectivity index (χ0v) is 18.5. The van der Waals surface area contributed by atoms with Gasteiger partial charge in [0.1, 0.15) is 0 Å². The van der Waals surface area contributed by atoms with Crippen LogP contribution in [0.15, 0.2) is 54.6 Å². The minimum Gasteiger partial charge on any atom is -0.452 e. The van der Waals surface area contributed by atoms with E-state index in [0.29, 0.717) is 11.3 Å². The first-order chi connectivity index (χ1) is 15.5. The van der Waals surface area contributed by atoms with Crippen molar-refractivity contribution >= 4 is 23.3 Å².